The van der Waals surface area contributed by atoms with Crippen LogP contribution < -0.4 is 15.8 Å². The zero-order valence-electron chi connectivity index (χ0n) is 21.4. The van der Waals surface area contributed by atoms with E-state index in [2.05, 4.69) is 5.32 Å². The summed E-state index contributed by atoms with van der Waals surface area (Å²) in [6, 6.07) is 18.6. The number of carbonyl (C=O) groups is 1. The minimum Gasteiger partial charge on any atom is -0.488 e. The molecule has 1 saturated heterocycles. The van der Waals surface area contributed by atoms with E-state index >= 15 is 0 Å². The largest absolute Gasteiger partial charge is 0.488 e. The summed E-state index contributed by atoms with van der Waals surface area (Å²) < 4.78 is 6.06. The molecule has 3 aromatic rings. The Morgan fingerprint density at radius 3 is 2.18 bits per heavy atom. The normalized spacial score (nSPS) is 15.8. The Labute approximate surface area is 232 Å². The van der Waals surface area contributed by atoms with Crippen LogP contribution in [0.2, 0.25) is 0 Å². The SMILES string of the molecule is CC(=N)C1NCC[C@@H]1Oc1ccc([C@H](Cc2ccc3ccc(C(=N)N)cc3c2)C(=O)O)cc1.Cl.O.O.O.O.O. The lowest BCUT2D eigenvalue weighted by Gasteiger charge is -2.21. The molecule has 1 aliphatic heterocycles. The van der Waals surface area contributed by atoms with Gasteiger partial charge in [0.05, 0.1) is 12.0 Å². The summed E-state index contributed by atoms with van der Waals surface area (Å²) in [5, 5.41) is 30.6. The predicted molar refractivity (Wildman–Crippen MR) is 155 cm³/mol. The highest BCUT2D eigenvalue weighted by atomic mass is 35.5. The van der Waals surface area contributed by atoms with Crippen LogP contribution in [0.1, 0.15) is 36.0 Å². The number of nitrogens with two attached hydrogens (primary N) is 1. The van der Waals surface area contributed by atoms with Gasteiger partial charge in [0.25, 0.3) is 0 Å². The van der Waals surface area contributed by atoms with E-state index < -0.39 is 11.9 Å². The van der Waals surface area contributed by atoms with Gasteiger partial charge in [-0.2, -0.15) is 0 Å². The molecule has 0 radical (unpaired) electrons. The van der Waals surface area contributed by atoms with Gasteiger partial charge in [-0.3, -0.25) is 10.2 Å². The molecule has 12 nitrogen and oxygen atoms in total. The fourth-order valence-corrected chi connectivity index (χ4v) is 4.37. The van der Waals surface area contributed by atoms with Crippen molar-refractivity contribution in [3.8, 4) is 5.75 Å². The zero-order valence-corrected chi connectivity index (χ0v) is 22.2. The number of hydrogen-bond acceptors (Lipinski definition) is 5. The van der Waals surface area contributed by atoms with Crippen molar-refractivity contribution in [2.45, 2.75) is 37.8 Å². The van der Waals surface area contributed by atoms with Gasteiger partial charge in [-0.1, -0.05) is 42.5 Å². The molecule has 0 spiro atoms. The van der Waals surface area contributed by atoms with E-state index in [0.717, 1.165) is 29.3 Å². The predicted octanol–water partition coefficient (Wildman–Crippen LogP) is -0.0180. The van der Waals surface area contributed by atoms with Gasteiger partial charge < -0.3 is 53.7 Å². The fraction of sp³-hybridized carbons (Fsp3) is 0.269. The Kier molecular flexibility index (Phi) is 17.5. The van der Waals surface area contributed by atoms with Crippen LogP contribution in [0.4, 0.5) is 0 Å². The second-order valence-corrected chi connectivity index (χ2v) is 8.53. The van der Waals surface area contributed by atoms with Crippen LogP contribution in [0.25, 0.3) is 10.8 Å². The molecule has 218 valence electrons. The summed E-state index contributed by atoms with van der Waals surface area (Å²) in [6.07, 6.45) is 1.08. The van der Waals surface area contributed by atoms with Crippen molar-refractivity contribution in [3.05, 3.63) is 77.4 Å². The topological polar surface area (TPSA) is 290 Å². The third kappa shape index (κ3) is 9.26. The molecule has 0 aliphatic carbocycles. The van der Waals surface area contributed by atoms with Gasteiger partial charge in [-0.25, -0.2) is 0 Å². The minimum atomic E-state index is -0.888. The zero-order chi connectivity index (χ0) is 23.5. The van der Waals surface area contributed by atoms with Crippen LogP contribution in [0.3, 0.4) is 0 Å². The van der Waals surface area contributed by atoms with E-state index in [1.807, 2.05) is 30.3 Å². The molecule has 1 aliphatic rings. The molecular weight excluding hydrogens is 532 g/mol. The number of nitrogens with one attached hydrogen (secondary N) is 3. The molecule has 0 aromatic heterocycles. The molecule has 0 amide bonds. The van der Waals surface area contributed by atoms with Gasteiger partial charge in [-0.05, 0) is 66.4 Å². The summed E-state index contributed by atoms with van der Waals surface area (Å²) in [5.41, 5.74) is 8.40. The van der Waals surface area contributed by atoms with E-state index in [9.17, 15) is 9.90 Å². The Morgan fingerprint density at radius 1 is 1.00 bits per heavy atom. The standard InChI is InChI=1S/C26H28N4O3.ClH.5H2O/c1-15(27)24-23(10-11-30-24)33-21-8-6-18(7-9-21)22(26(31)32)13-16-2-3-17-4-5-19(25(28)29)14-20(17)12-16;;;;;;/h2-9,12,14,22-24,27,30H,10-11,13H2,1H3,(H3,28,29)(H,31,32);1H;5*1H2/t22-,23-,24?;;;;;;/m0....../s1. The average molecular weight is 571 g/mol. The molecule has 0 bridgehead atoms. The highest BCUT2D eigenvalue weighted by Crippen LogP contribution is 2.27. The highest BCUT2D eigenvalue weighted by Gasteiger charge is 2.30. The number of hydrogen-bond donors (Lipinski definition) is 5. The molecule has 1 fully saturated rings. The number of carboxylic acid groups (broad SMARTS) is 1. The number of carboxylic acids is 1. The average Bonchev–Trinajstić information content (AvgIpc) is 3.26. The van der Waals surface area contributed by atoms with Gasteiger partial charge in [0.15, 0.2) is 0 Å². The number of halogens is 1. The van der Waals surface area contributed by atoms with Crippen LogP contribution in [0.5, 0.6) is 5.75 Å². The molecule has 39 heavy (non-hydrogen) atoms. The van der Waals surface area contributed by atoms with E-state index in [1.54, 1.807) is 37.3 Å². The highest BCUT2D eigenvalue weighted by molar-refractivity contribution is 5.99. The molecule has 0 saturated carbocycles. The minimum absolute atomic E-state index is 0. The van der Waals surface area contributed by atoms with Crippen molar-refractivity contribution in [3.63, 3.8) is 0 Å². The number of rotatable bonds is 8. The molecule has 4 rings (SSSR count). The summed E-state index contributed by atoms with van der Waals surface area (Å²) in [7, 11) is 0. The van der Waals surface area contributed by atoms with Crippen LogP contribution in [-0.2, 0) is 11.2 Å². The first-order chi connectivity index (χ1) is 15.8. The summed E-state index contributed by atoms with van der Waals surface area (Å²) in [5.74, 6) is -0.910. The number of aliphatic carboxylic acids is 1. The molecule has 3 aromatic carbocycles. The number of fused-ring (bicyclic) bond motifs is 1. The van der Waals surface area contributed by atoms with Gasteiger partial charge in [0, 0.05) is 11.3 Å². The van der Waals surface area contributed by atoms with Crippen molar-refractivity contribution in [1.82, 2.24) is 5.32 Å². The third-order valence-electron chi connectivity index (χ3n) is 6.15. The maximum Gasteiger partial charge on any atom is 0.311 e. The lowest BCUT2D eigenvalue weighted by molar-refractivity contribution is -0.138. The van der Waals surface area contributed by atoms with Crippen molar-refractivity contribution >= 4 is 40.7 Å². The van der Waals surface area contributed by atoms with Crippen molar-refractivity contribution in [2.75, 3.05) is 6.54 Å². The molecule has 3 atom stereocenters. The fourth-order valence-electron chi connectivity index (χ4n) is 4.37. The van der Waals surface area contributed by atoms with Crippen molar-refractivity contribution in [1.29, 1.82) is 10.8 Å². The maximum atomic E-state index is 12.1. The van der Waals surface area contributed by atoms with Crippen LogP contribution in [-0.4, -0.2) is 68.7 Å². The summed E-state index contributed by atoms with van der Waals surface area (Å²) in [6.45, 7) is 2.58. The Morgan fingerprint density at radius 2 is 1.62 bits per heavy atom. The summed E-state index contributed by atoms with van der Waals surface area (Å²) in [4.78, 5) is 12.1. The quantitative estimate of drug-likeness (QED) is 0.183. The Bertz CT molecular complexity index is 1230. The first-order valence-electron chi connectivity index (χ1n) is 11.0. The first kappa shape index (κ1) is 39.9. The van der Waals surface area contributed by atoms with Crippen LogP contribution >= 0.6 is 12.4 Å². The third-order valence-corrected chi connectivity index (χ3v) is 6.15. The van der Waals surface area contributed by atoms with Gasteiger partial charge in [-0.15, -0.1) is 12.4 Å². The molecular formula is C26H39ClN4O8. The number of amidine groups is 1. The van der Waals surface area contributed by atoms with Gasteiger partial charge in [0.1, 0.15) is 17.7 Å². The van der Waals surface area contributed by atoms with E-state index in [0.29, 0.717) is 29.0 Å². The van der Waals surface area contributed by atoms with Crippen molar-refractivity contribution in [2.24, 2.45) is 5.73 Å². The second-order valence-electron chi connectivity index (χ2n) is 8.53. The lowest BCUT2D eigenvalue weighted by atomic mass is 9.91. The Balaban J connectivity index is -0.00000216. The lowest BCUT2D eigenvalue weighted by Crippen LogP contribution is -2.39. The monoisotopic (exact) mass is 570 g/mol. The van der Waals surface area contributed by atoms with E-state index in [1.165, 1.54) is 0 Å². The number of benzene rings is 3. The Hall–Kier alpha value is -3.62. The van der Waals surface area contributed by atoms with Crippen LogP contribution in [0.15, 0.2) is 60.7 Å². The smallest absolute Gasteiger partial charge is 0.311 e. The second kappa shape index (κ2) is 17.1. The molecule has 13 heteroatoms. The van der Waals surface area contributed by atoms with Crippen molar-refractivity contribution < 1.29 is 42.0 Å². The number of ether oxygens (including phenoxy) is 1. The van der Waals surface area contributed by atoms with Gasteiger partial charge in [0.2, 0.25) is 0 Å². The molecule has 16 N–H and O–H groups in total. The van der Waals surface area contributed by atoms with Crippen LogP contribution in [0, 0.1) is 10.8 Å². The summed E-state index contributed by atoms with van der Waals surface area (Å²) >= 11 is 0. The van der Waals surface area contributed by atoms with E-state index in [-0.39, 0.29) is 57.8 Å². The first-order valence-corrected chi connectivity index (χ1v) is 11.0. The van der Waals surface area contributed by atoms with E-state index in [4.69, 9.17) is 21.3 Å². The molecule has 1 unspecified atom stereocenters. The molecule has 1 heterocycles. The van der Waals surface area contributed by atoms with Gasteiger partial charge >= 0.3 is 5.97 Å². The maximum absolute atomic E-state index is 12.1. The number of nitrogen functional groups attached to an aromatic ring is 1.